The molecule has 1 aliphatic carbocycles. The predicted molar refractivity (Wildman–Crippen MR) is 131 cm³/mol. The number of likely N-dealkylation sites (tertiary alicyclic amines) is 1. The third-order valence-electron chi connectivity index (χ3n) is 7.59. The average molecular weight is 523 g/mol. The van der Waals surface area contributed by atoms with Crippen molar-refractivity contribution in [3.05, 3.63) is 52.8 Å². The van der Waals surface area contributed by atoms with Crippen molar-refractivity contribution < 1.29 is 18.0 Å². The maximum atomic E-state index is 13.0. The first kappa shape index (κ1) is 25.1. The van der Waals surface area contributed by atoms with Crippen molar-refractivity contribution in [3.8, 4) is 0 Å². The smallest absolute Gasteiger partial charge is 0.335 e. The number of nitrogens with zero attached hydrogens (tertiary/aromatic N) is 5. The van der Waals surface area contributed by atoms with Gasteiger partial charge in [0.05, 0.1) is 5.56 Å². The Morgan fingerprint density at radius 2 is 1.72 bits per heavy atom. The van der Waals surface area contributed by atoms with Gasteiger partial charge in [0.25, 0.3) is 0 Å². The summed E-state index contributed by atoms with van der Waals surface area (Å²) < 4.78 is 38.5. The van der Waals surface area contributed by atoms with Crippen molar-refractivity contribution in [3.63, 3.8) is 0 Å². The third kappa shape index (κ3) is 5.11. The summed E-state index contributed by atoms with van der Waals surface area (Å²) in [5, 5.41) is 3.93. The molecule has 194 valence electrons. The molecule has 0 bridgehead atoms. The predicted octanol–water partition coefficient (Wildman–Crippen LogP) is 4.42. The molecule has 7 nitrogen and oxygen atoms in total. The fraction of sp³-hybridized carbons (Fsp3) is 0.560. The van der Waals surface area contributed by atoms with E-state index >= 15 is 0 Å². The quantitative estimate of drug-likeness (QED) is 0.644. The summed E-state index contributed by atoms with van der Waals surface area (Å²) in [5.41, 5.74) is 0.687. The number of aromatic nitrogens is 2. The number of rotatable bonds is 4. The van der Waals surface area contributed by atoms with Crippen LogP contribution in [0.25, 0.3) is 0 Å². The van der Waals surface area contributed by atoms with E-state index in [1.54, 1.807) is 0 Å². The van der Waals surface area contributed by atoms with Crippen molar-refractivity contribution >= 4 is 23.6 Å². The van der Waals surface area contributed by atoms with Crippen LogP contribution in [0.3, 0.4) is 0 Å². The van der Waals surface area contributed by atoms with Gasteiger partial charge in [0.2, 0.25) is 5.95 Å². The van der Waals surface area contributed by atoms with Gasteiger partial charge in [-0.1, -0.05) is 23.7 Å². The summed E-state index contributed by atoms with van der Waals surface area (Å²) in [4.78, 5) is 27.0. The molecule has 3 fully saturated rings. The highest BCUT2D eigenvalue weighted by Gasteiger charge is 2.52. The highest BCUT2D eigenvalue weighted by atomic mass is 35.5. The Bertz CT molecular complexity index is 1080. The van der Waals surface area contributed by atoms with E-state index in [1.165, 1.54) is 5.56 Å². The Balaban J connectivity index is 1.08. The first-order valence-corrected chi connectivity index (χ1v) is 12.6. The largest absolute Gasteiger partial charge is 0.419 e. The summed E-state index contributed by atoms with van der Waals surface area (Å²) in [6.45, 7) is 7.76. The highest BCUT2D eigenvalue weighted by molar-refractivity contribution is 6.30. The number of anilines is 1. The van der Waals surface area contributed by atoms with Gasteiger partial charge >= 0.3 is 12.2 Å². The summed E-state index contributed by atoms with van der Waals surface area (Å²) >= 11 is 5.96. The van der Waals surface area contributed by atoms with Crippen LogP contribution in [0.15, 0.2) is 36.7 Å². The number of nitrogens with one attached hydrogen (secondary N) is 1. The van der Waals surface area contributed by atoms with Crippen LogP contribution in [0.1, 0.15) is 37.8 Å². The second-order valence-electron chi connectivity index (χ2n) is 10.6. The first-order valence-electron chi connectivity index (χ1n) is 12.2. The van der Waals surface area contributed by atoms with E-state index in [1.807, 2.05) is 35.8 Å². The number of hydrogen-bond donors (Lipinski definition) is 1. The number of amides is 2. The lowest BCUT2D eigenvalue weighted by Gasteiger charge is -2.59. The van der Waals surface area contributed by atoms with Gasteiger partial charge in [0.1, 0.15) is 0 Å². The molecule has 3 aliphatic rings. The molecule has 2 aliphatic heterocycles. The van der Waals surface area contributed by atoms with E-state index in [0.29, 0.717) is 18.5 Å². The summed E-state index contributed by atoms with van der Waals surface area (Å²) in [5.74, 6) is 0.247. The number of carbonyl (C=O) groups excluding carboxylic acids is 1. The Hall–Kier alpha value is -2.59. The lowest BCUT2D eigenvalue weighted by molar-refractivity contribution is -0.138. The van der Waals surface area contributed by atoms with Crippen LogP contribution in [-0.2, 0) is 12.7 Å². The van der Waals surface area contributed by atoms with Crippen LogP contribution in [-0.4, -0.2) is 70.1 Å². The first-order chi connectivity index (χ1) is 17.0. The van der Waals surface area contributed by atoms with E-state index in [9.17, 15) is 18.0 Å². The topological polar surface area (TPSA) is 64.6 Å². The minimum absolute atomic E-state index is 0.0838. The van der Waals surface area contributed by atoms with Crippen LogP contribution in [0.4, 0.5) is 23.9 Å². The molecule has 11 heteroatoms. The molecule has 2 saturated heterocycles. The van der Waals surface area contributed by atoms with Crippen LogP contribution in [0.2, 0.25) is 5.02 Å². The average Bonchev–Trinajstić information content (AvgIpc) is 2.78. The van der Waals surface area contributed by atoms with E-state index in [0.717, 1.165) is 49.9 Å². The second kappa shape index (κ2) is 9.37. The van der Waals surface area contributed by atoms with E-state index in [4.69, 9.17) is 11.6 Å². The second-order valence-corrected chi connectivity index (χ2v) is 11.0. The zero-order valence-corrected chi connectivity index (χ0v) is 21.1. The van der Waals surface area contributed by atoms with Crippen LogP contribution >= 0.6 is 11.6 Å². The molecule has 1 spiro atoms. The molecule has 5 rings (SSSR count). The molecule has 0 unspecified atom stereocenters. The Kier molecular flexibility index (Phi) is 6.53. The maximum absolute atomic E-state index is 13.0. The van der Waals surface area contributed by atoms with Gasteiger partial charge in [-0.05, 0) is 49.8 Å². The lowest BCUT2D eigenvalue weighted by Crippen LogP contribution is -2.68. The van der Waals surface area contributed by atoms with Crippen molar-refractivity contribution in [1.82, 2.24) is 25.1 Å². The maximum Gasteiger partial charge on any atom is 0.419 e. The van der Waals surface area contributed by atoms with Gasteiger partial charge in [-0.15, -0.1) is 0 Å². The molecule has 2 aromatic rings. The van der Waals surface area contributed by atoms with Gasteiger partial charge in [0, 0.05) is 68.3 Å². The number of alkyl halides is 3. The Morgan fingerprint density at radius 3 is 2.33 bits per heavy atom. The standard InChI is InChI=1S/C25H30ClF3N6O/c1-16-12-35(17(2)11-34(16)22-30-9-19(10-31-22)25(27,28)29)23(36)32-21-7-24(8-21)14-33(15-24)13-18-3-5-20(26)6-4-18/h3-6,9-10,16-17,21H,7-8,11-15H2,1-2H3,(H,32,36)/t16-,17+/m0/s1. The molecular formula is C25H30ClF3N6O. The number of benzene rings is 1. The van der Waals surface area contributed by atoms with E-state index in [2.05, 4.69) is 32.3 Å². The van der Waals surface area contributed by atoms with Gasteiger partial charge in [-0.2, -0.15) is 13.2 Å². The number of piperazine rings is 1. The van der Waals surface area contributed by atoms with Crippen molar-refractivity contribution in [2.24, 2.45) is 5.41 Å². The molecule has 3 heterocycles. The molecule has 1 N–H and O–H groups in total. The van der Waals surface area contributed by atoms with Gasteiger partial charge in [-0.3, -0.25) is 4.90 Å². The van der Waals surface area contributed by atoms with Crippen LogP contribution < -0.4 is 10.2 Å². The van der Waals surface area contributed by atoms with Crippen LogP contribution in [0.5, 0.6) is 0 Å². The SMILES string of the molecule is C[C@@H]1CN(c2ncc(C(F)(F)F)cn2)[C@@H](C)CN1C(=O)NC1CC2(C1)CN(Cc1ccc(Cl)cc1)C2. The Morgan fingerprint density at radius 1 is 1.08 bits per heavy atom. The minimum Gasteiger partial charge on any atom is -0.335 e. The summed E-state index contributed by atoms with van der Waals surface area (Å²) in [6, 6.07) is 7.79. The fourth-order valence-electron chi connectivity index (χ4n) is 5.77. The van der Waals surface area contributed by atoms with Crippen molar-refractivity contribution in [2.75, 3.05) is 31.1 Å². The number of halogens is 4. The number of urea groups is 1. The van der Waals surface area contributed by atoms with Crippen molar-refractivity contribution in [2.45, 2.75) is 57.5 Å². The van der Waals surface area contributed by atoms with Crippen LogP contribution in [0, 0.1) is 5.41 Å². The minimum atomic E-state index is -4.47. The number of carbonyl (C=O) groups is 1. The fourth-order valence-corrected chi connectivity index (χ4v) is 5.90. The van der Waals surface area contributed by atoms with Gasteiger partial charge in [0.15, 0.2) is 0 Å². The molecular weight excluding hydrogens is 493 g/mol. The lowest BCUT2D eigenvalue weighted by atomic mass is 9.60. The molecule has 2 atom stereocenters. The van der Waals surface area contributed by atoms with Gasteiger partial charge < -0.3 is 15.1 Å². The molecule has 2 amide bonds. The summed E-state index contributed by atoms with van der Waals surface area (Å²) in [6.07, 6.45) is -0.883. The number of hydrogen-bond acceptors (Lipinski definition) is 5. The monoisotopic (exact) mass is 522 g/mol. The normalized spacial score (nSPS) is 24.4. The van der Waals surface area contributed by atoms with Gasteiger partial charge in [-0.25, -0.2) is 14.8 Å². The molecule has 0 radical (unpaired) electrons. The Labute approximate surface area is 213 Å². The van der Waals surface area contributed by atoms with Crippen molar-refractivity contribution in [1.29, 1.82) is 0 Å². The molecule has 1 aromatic carbocycles. The molecule has 1 aromatic heterocycles. The zero-order chi connectivity index (χ0) is 25.7. The van der Waals surface area contributed by atoms with E-state index in [-0.39, 0.29) is 30.1 Å². The van der Waals surface area contributed by atoms with E-state index < -0.39 is 11.7 Å². The zero-order valence-electron chi connectivity index (χ0n) is 20.3. The summed E-state index contributed by atoms with van der Waals surface area (Å²) in [7, 11) is 0. The third-order valence-corrected chi connectivity index (χ3v) is 7.85. The molecule has 1 saturated carbocycles. The molecule has 36 heavy (non-hydrogen) atoms. The highest BCUT2D eigenvalue weighted by Crippen LogP contribution is 2.48.